The average Bonchev–Trinajstić information content (AvgIpc) is 2.23. The van der Waals surface area contributed by atoms with Crippen molar-refractivity contribution in [3.63, 3.8) is 0 Å². The maximum atomic E-state index is 12.2. The van der Waals surface area contributed by atoms with E-state index < -0.39 is 17.7 Å². The second-order valence-electron chi connectivity index (χ2n) is 7.30. The maximum Gasteiger partial charge on any atom is 0.408 e. The Morgan fingerprint density at radius 2 is 1.62 bits per heavy atom. The quantitative estimate of drug-likeness (QED) is 0.759. The summed E-state index contributed by atoms with van der Waals surface area (Å²) in [5.41, 5.74) is -0.569. The Morgan fingerprint density at radius 3 is 2.05 bits per heavy atom. The number of alkyl carbamates (subject to hydrolysis) is 1. The van der Waals surface area contributed by atoms with E-state index in [1.54, 1.807) is 20.8 Å². The van der Waals surface area contributed by atoms with Crippen LogP contribution in [0.4, 0.5) is 4.79 Å². The van der Waals surface area contributed by atoms with Gasteiger partial charge in [-0.1, -0.05) is 27.7 Å². The van der Waals surface area contributed by atoms with E-state index in [0.717, 1.165) is 6.42 Å². The van der Waals surface area contributed by atoms with Crippen molar-refractivity contribution in [2.75, 3.05) is 6.54 Å². The summed E-state index contributed by atoms with van der Waals surface area (Å²) >= 11 is 0. The van der Waals surface area contributed by atoms with E-state index in [9.17, 15) is 9.59 Å². The molecule has 0 fully saturated rings. The van der Waals surface area contributed by atoms with E-state index in [1.807, 2.05) is 13.8 Å². The molecule has 0 aliphatic heterocycles. The normalized spacial score (nSPS) is 13.2. The first kappa shape index (κ1) is 19.7. The van der Waals surface area contributed by atoms with Gasteiger partial charge in [-0.3, -0.25) is 4.79 Å². The Bertz CT molecular complexity index is 333. The molecule has 0 heterocycles. The fraction of sp³-hybridized carbons (Fsp3) is 0.875. The molecule has 0 aliphatic rings. The molecule has 1 atom stereocenters. The summed E-state index contributed by atoms with van der Waals surface area (Å²) in [7, 11) is 0. The summed E-state index contributed by atoms with van der Waals surface area (Å²) < 4.78 is 5.21. The highest BCUT2D eigenvalue weighted by atomic mass is 16.6. The van der Waals surface area contributed by atoms with Gasteiger partial charge in [-0.05, 0) is 45.4 Å². The first-order chi connectivity index (χ1) is 9.51. The number of ether oxygens (including phenoxy) is 1. The molecule has 0 rings (SSSR count). The number of hydrogen-bond acceptors (Lipinski definition) is 3. The van der Waals surface area contributed by atoms with Gasteiger partial charge in [0.15, 0.2) is 0 Å². The molecule has 21 heavy (non-hydrogen) atoms. The van der Waals surface area contributed by atoms with Crippen molar-refractivity contribution in [2.45, 2.75) is 73.0 Å². The molecule has 0 bridgehead atoms. The van der Waals surface area contributed by atoms with Crippen molar-refractivity contribution >= 4 is 12.0 Å². The minimum Gasteiger partial charge on any atom is -0.444 e. The van der Waals surface area contributed by atoms with Crippen LogP contribution in [0.25, 0.3) is 0 Å². The first-order valence-corrected chi connectivity index (χ1v) is 7.78. The molecule has 1 unspecified atom stereocenters. The summed E-state index contributed by atoms with van der Waals surface area (Å²) in [6.07, 6.45) is 0.964. The highest BCUT2D eigenvalue weighted by Crippen LogP contribution is 2.09. The van der Waals surface area contributed by atoms with Crippen LogP contribution in [0, 0.1) is 11.8 Å². The van der Waals surface area contributed by atoms with Gasteiger partial charge in [0.2, 0.25) is 5.91 Å². The zero-order valence-electron chi connectivity index (χ0n) is 14.6. The largest absolute Gasteiger partial charge is 0.444 e. The Kier molecular flexibility index (Phi) is 8.37. The highest BCUT2D eigenvalue weighted by molar-refractivity contribution is 5.85. The lowest BCUT2D eigenvalue weighted by molar-refractivity contribution is -0.123. The molecule has 0 radical (unpaired) electrons. The number of amides is 2. The Labute approximate surface area is 129 Å². The Hall–Kier alpha value is -1.26. The molecule has 2 amide bonds. The third-order valence-electron chi connectivity index (χ3n) is 2.74. The van der Waals surface area contributed by atoms with E-state index in [4.69, 9.17) is 4.74 Å². The Morgan fingerprint density at radius 1 is 1.05 bits per heavy atom. The van der Waals surface area contributed by atoms with Crippen LogP contribution in [0.1, 0.15) is 61.3 Å². The van der Waals surface area contributed by atoms with Crippen molar-refractivity contribution in [3.8, 4) is 0 Å². The number of carbonyl (C=O) groups excluding carboxylic acids is 2. The fourth-order valence-electron chi connectivity index (χ4n) is 1.76. The zero-order valence-corrected chi connectivity index (χ0v) is 14.6. The highest BCUT2D eigenvalue weighted by Gasteiger charge is 2.24. The van der Waals surface area contributed by atoms with Crippen molar-refractivity contribution < 1.29 is 14.3 Å². The number of rotatable bonds is 7. The third-order valence-corrected chi connectivity index (χ3v) is 2.74. The van der Waals surface area contributed by atoms with Gasteiger partial charge in [0.05, 0.1) is 0 Å². The minimum atomic E-state index is -0.569. The molecule has 0 aliphatic carbocycles. The van der Waals surface area contributed by atoms with E-state index in [2.05, 4.69) is 24.5 Å². The van der Waals surface area contributed by atoms with Crippen LogP contribution >= 0.6 is 0 Å². The molecule has 0 spiro atoms. The maximum absolute atomic E-state index is 12.2. The van der Waals surface area contributed by atoms with Crippen LogP contribution < -0.4 is 10.6 Å². The van der Waals surface area contributed by atoms with Gasteiger partial charge in [-0.15, -0.1) is 0 Å². The van der Waals surface area contributed by atoms with Gasteiger partial charge in [0, 0.05) is 6.54 Å². The molecular formula is C16H32N2O3. The summed E-state index contributed by atoms with van der Waals surface area (Å²) in [4.78, 5) is 24.0. The van der Waals surface area contributed by atoms with Crippen LogP contribution in [0.5, 0.6) is 0 Å². The standard InChI is InChI=1S/C16H32N2O3/c1-11(2)8-9-17-14(19)13(10-12(3)4)18-15(20)21-16(5,6)7/h11-13H,8-10H2,1-7H3,(H,17,19)(H,18,20). The topological polar surface area (TPSA) is 67.4 Å². The molecule has 5 heteroatoms. The second-order valence-corrected chi connectivity index (χ2v) is 7.30. The summed E-state index contributed by atoms with van der Waals surface area (Å²) in [6, 6.07) is -0.549. The molecule has 0 aromatic rings. The van der Waals surface area contributed by atoms with Crippen LogP contribution in [0.15, 0.2) is 0 Å². The number of hydrogen-bond donors (Lipinski definition) is 2. The molecule has 0 aromatic heterocycles. The summed E-state index contributed by atoms with van der Waals surface area (Å²) in [5.74, 6) is 0.698. The third kappa shape index (κ3) is 11.1. The van der Waals surface area contributed by atoms with Crippen LogP contribution in [-0.2, 0) is 9.53 Å². The second kappa shape index (κ2) is 8.90. The molecular weight excluding hydrogens is 268 g/mol. The van der Waals surface area contributed by atoms with Gasteiger partial charge < -0.3 is 15.4 Å². The molecule has 5 nitrogen and oxygen atoms in total. The van der Waals surface area contributed by atoms with E-state index in [0.29, 0.717) is 24.8 Å². The van der Waals surface area contributed by atoms with E-state index in [-0.39, 0.29) is 5.91 Å². The minimum absolute atomic E-state index is 0.143. The SMILES string of the molecule is CC(C)CCNC(=O)C(CC(C)C)NC(=O)OC(C)(C)C. The van der Waals surface area contributed by atoms with Crippen LogP contribution in [-0.4, -0.2) is 30.2 Å². The fourth-order valence-corrected chi connectivity index (χ4v) is 1.76. The molecule has 124 valence electrons. The van der Waals surface area contributed by atoms with Gasteiger partial charge in [0.1, 0.15) is 11.6 Å². The van der Waals surface area contributed by atoms with Crippen LogP contribution in [0.3, 0.4) is 0 Å². The lowest BCUT2D eigenvalue weighted by Crippen LogP contribution is -2.49. The summed E-state index contributed by atoms with van der Waals surface area (Å²) in [5, 5.41) is 5.55. The smallest absolute Gasteiger partial charge is 0.408 e. The van der Waals surface area contributed by atoms with Crippen molar-refractivity contribution in [2.24, 2.45) is 11.8 Å². The van der Waals surface area contributed by atoms with Crippen molar-refractivity contribution in [1.29, 1.82) is 0 Å². The molecule has 2 N–H and O–H groups in total. The number of nitrogens with one attached hydrogen (secondary N) is 2. The van der Waals surface area contributed by atoms with Crippen LogP contribution in [0.2, 0.25) is 0 Å². The predicted molar refractivity (Wildman–Crippen MR) is 85.1 cm³/mol. The zero-order chi connectivity index (χ0) is 16.6. The number of carbonyl (C=O) groups is 2. The summed E-state index contributed by atoms with van der Waals surface area (Å²) in [6.45, 7) is 14.3. The first-order valence-electron chi connectivity index (χ1n) is 7.78. The van der Waals surface area contributed by atoms with Crippen molar-refractivity contribution in [1.82, 2.24) is 10.6 Å². The Balaban J connectivity index is 4.50. The molecule has 0 saturated carbocycles. The van der Waals surface area contributed by atoms with Gasteiger partial charge in [0.25, 0.3) is 0 Å². The lowest BCUT2D eigenvalue weighted by atomic mass is 10.0. The lowest BCUT2D eigenvalue weighted by Gasteiger charge is -2.24. The van der Waals surface area contributed by atoms with E-state index in [1.165, 1.54) is 0 Å². The molecule has 0 saturated heterocycles. The monoisotopic (exact) mass is 300 g/mol. The van der Waals surface area contributed by atoms with Gasteiger partial charge in [-0.25, -0.2) is 4.79 Å². The molecule has 0 aromatic carbocycles. The van der Waals surface area contributed by atoms with E-state index >= 15 is 0 Å². The van der Waals surface area contributed by atoms with Gasteiger partial charge in [-0.2, -0.15) is 0 Å². The van der Waals surface area contributed by atoms with Crippen molar-refractivity contribution in [3.05, 3.63) is 0 Å². The van der Waals surface area contributed by atoms with Gasteiger partial charge >= 0.3 is 6.09 Å². The average molecular weight is 300 g/mol. The predicted octanol–water partition coefficient (Wildman–Crippen LogP) is 3.09.